The van der Waals surface area contributed by atoms with Gasteiger partial charge in [-0.2, -0.15) is 0 Å². The third kappa shape index (κ3) is 4.25. The molecule has 0 fully saturated rings. The Labute approximate surface area is 177 Å². The fraction of sp³-hybridized carbons (Fsp3) is 0.200. The minimum absolute atomic E-state index is 0.0549. The number of anilines is 1. The molecule has 0 bridgehead atoms. The molecule has 3 aromatic rings. The van der Waals surface area contributed by atoms with E-state index in [9.17, 15) is 22.0 Å². The van der Waals surface area contributed by atoms with Crippen molar-refractivity contribution in [2.45, 2.75) is 18.7 Å². The van der Waals surface area contributed by atoms with Crippen LogP contribution in [0.5, 0.6) is 0 Å². The number of carbonyl (C=O) groups excluding carboxylic acids is 1. The first kappa shape index (κ1) is 22.0. The molecule has 0 aliphatic rings. The van der Waals surface area contributed by atoms with E-state index in [-0.39, 0.29) is 15.6 Å². The minimum Gasteiger partial charge on any atom is -0.298 e. The van der Waals surface area contributed by atoms with Crippen LogP contribution in [0.3, 0.4) is 0 Å². The number of nitrogens with zero attached hydrogens (tertiary/aromatic N) is 2. The molecule has 0 atom stereocenters. The van der Waals surface area contributed by atoms with Gasteiger partial charge < -0.3 is 0 Å². The number of hydrogen-bond acceptors (Lipinski definition) is 5. The summed E-state index contributed by atoms with van der Waals surface area (Å²) in [7, 11) is -0.879. The number of carbonyl (C=O) groups is 1. The van der Waals surface area contributed by atoms with Gasteiger partial charge in [-0.1, -0.05) is 0 Å². The molecule has 1 N–H and O–H groups in total. The molecule has 0 saturated heterocycles. The lowest BCUT2D eigenvalue weighted by molar-refractivity contribution is 0.102. The number of hydrogen-bond donors (Lipinski definition) is 1. The summed E-state index contributed by atoms with van der Waals surface area (Å²) >= 11 is 1.11. The summed E-state index contributed by atoms with van der Waals surface area (Å²) < 4.78 is 52.8. The van der Waals surface area contributed by atoms with Gasteiger partial charge in [-0.25, -0.2) is 26.5 Å². The number of rotatable bonds is 5. The lowest BCUT2D eigenvalue weighted by atomic mass is 10.1. The first-order valence-electron chi connectivity index (χ1n) is 8.76. The Morgan fingerprint density at radius 1 is 1.10 bits per heavy atom. The lowest BCUT2D eigenvalue weighted by Gasteiger charge is -2.16. The second kappa shape index (κ2) is 8.21. The number of aromatic nitrogens is 1. The number of halogens is 2. The van der Waals surface area contributed by atoms with Gasteiger partial charge in [-0.3, -0.25) is 10.1 Å². The SMILES string of the molecule is Cc1cc(C(=O)Nc2nc(-c3ccc(F)c(F)c3)cs2)cc(S(=O)(=O)N(C)C)c1C. The Hall–Kier alpha value is -2.69. The zero-order chi connectivity index (χ0) is 22.2. The van der Waals surface area contributed by atoms with Gasteiger partial charge in [0.2, 0.25) is 10.0 Å². The van der Waals surface area contributed by atoms with E-state index in [2.05, 4.69) is 10.3 Å². The second-order valence-corrected chi connectivity index (χ2v) is 9.80. The number of aryl methyl sites for hydroxylation is 1. The predicted octanol–water partition coefficient (Wildman–Crippen LogP) is 4.21. The summed E-state index contributed by atoms with van der Waals surface area (Å²) in [6, 6.07) is 6.35. The molecule has 0 radical (unpaired) electrons. The van der Waals surface area contributed by atoms with Gasteiger partial charge in [0.05, 0.1) is 10.6 Å². The standard InChI is InChI=1S/C20H19F2N3O3S2/c1-11-7-14(9-18(12(11)2)30(27,28)25(3)4)19(26)24-20-23-17(10-29-20)13-5-6-15(21)16(22)8-13/h5-10H,1-4H3,(H,23,24,26). The topological polar surface area (TPSA) is 79.4 Å². The molecule has 0 saturated carbocycles. The van der Waals surface area contributed by atoms with Crippen molar-refractivity contribution in [1.82, 2.24) is 9.29 Å². The summed E-state index contributed by atoms with van der Waals surface area (Å²) in [4.78, 5) is 17.0. The van der Waals surface area contributed by atoms with Gasteiger partial charge in [-0.05, 0) is 55.3 Å². The van der Waals surface area contributed by atoms with Gasteiger partial charge in [0.25, 0.3) is 5.91 Å². The van der Waals surface area contributed by atoms with Crippen molar-refractivity contribution in [2.24, 2.45) is 0 Å². The Morgan fingerprint density at radius 2 is 1.80 bits per heavy atom. The van der Waals surface area contributed by atoms with Crippen molar-refractivity contribution in [3.05, 3.63) is 64.0 Å². The molecule has 0 unspecified atom stereocenters. The average Bonchev–Trinajstić information content (AvgIpc) is 3.14. The summed E-state index contributed by atoms with van der Waals surface area (Å²) in [5, 5.41) is 4.47. The van der Waals surface area contributed by atoms with Crippen LogP contribution in [0.2, 0.25) is 0 Å². The minimum atomic E-state index is -3.72. The highest BCUT2D eigenvalue weighted by Gasteiger charge is 2.23. The first-order chi connectivity index (χ1) is 14.0. The van der Waals surface area contributed by atoms with Crippen LogP contribution < -0.4 is 5.32 Å². The van der Waals surface area contributed by atoms with Crippen LogP contribution in [0.15, 0.2) is 40.6 Å². The highest BCUT2D eigenvalue weighted by molar-refractivity contribution is 7.89. The molecule has 0 spiro atoms. The van der Waals surface area contributed by atoms with Crippen molar-refractivity contribution >= 4 is 32.4 Å². The molecule has 0 aliphatic carbocycles. The van der Waals surface area contributed by atoms with E-state index in [0.717, 1.165) is 27.8 Å². The molecule has 1 aromatic heterocycles. The molecule has 1 heterocycles. The zero-order valence-corrected chi connectivity index (χ0v) is 18.3. The van der Waals surface area contributed by atoms with E-state index in [1.807, 2.05) is 0 Å². The smallest absolute Gasteiger partial charge is 0.257 e. The van der Waals surface area contributed by atoms with Gasteiger partial charge in [0.1, 0.15) is 0 Å². The van der Waals surface area contributed by atoms with Crippen LogP contribution in [0, 0.1) is 25.5 Å². The summed E-state index contributed by atoms with van der Waals surface area (Å²) in [5.74, 6) is -2.48. The fourth-order valence-electron chi connectivity index (χ4n) is 2.71. The van der Waals surface area contributed by atoms with Crippen LogP contribution in [-0.2, 0) is 10.0 Å². The van der Waals surface area contributed by atoms with Crippen LogP contribution in [0.4, 0.5) is 13.9 Å². The predicted molar refractivity (Wildman–Crippen MR) is 112 cm³/mol. The normalized spacial score (nSPS) is 11.7. The average molecular weight is 452 g/mol. The van der Waals surface area contributed by atoms with Gasteiger partial charge >= 0.3 is 0 Å². The molecule has 1 amide bonds. The maximum atomic E-state index is 13.4. The molecule has 158 valence electrons. The number of sulfonamides is 1. The molecular formula is C20H19F2N3O3S2. The third-order valence-corrected chi connectivity index (χ3v) is 7.28. The monoisotopic (exact) mass is 451 g/mol. The molecule has 3 rings (SSSR count). The van der Waals surface area contributed by atoms with E-state index in [1.54, 1.807) is 25.3 Å². The number of nitrogens with one attached hydrogen (secondary N) is 1. The molecule has 6 nitrogen and oxygen atoms in total. The van der Waals surface area contributed by atoms with Crippen molar-refractivity contribution in [2.75, 3.05) is 19.4 Å². The highest BCUT2D eigenvalue weighted by Crippen LogP contribution is 2.27. The summed E-state index contributed by atoms with van der Waals surface area (Å²) in [6.45, 7) is 3.41. The number of thiazole rings is 1. The van der Waals surface area contributed by atoms with E-state index < -0.39 is 27.6 Å². The van der Waals surface area contributed by atoms with Crippen molar-refractivity contribution < 1.29 is 22.0 Å². The lowest BCUT2D eigenvalue weighted by Crippen LogP contribution is -2.24. The first-order valence-corrected chi connectivity index (χ1v) is 11.1. The maximum Gasteiger partial charge on any atom is 0.257 e. The molecule has 0 aliphatic heterocycles. The van der Waals surface area contributed by atoms with Crippen LogP contribution in [0.25, 0.3) is 11.3 Å². The fourth-order valence-corrected chi connectivity index (χ4v) is 4.64. The van der Waals surface area contributed by atoms with Gasteiger partial charge in [0.15, 0.2) is 16.8 Å². The Kier molecular flexibility index (Phi) is 6.02. The van der Waals surface area contributed by atoms with E-state index in [4.69, 9.17) is 0 Å². The molecule has 10 heteroatoms. The molecule has 2 aromatic carbocycles. The quantitative estimate of drug-likeness (QED) is 0.630. The largest absolute Gasteiger partial charge is 0.298 e. The number of amides is 1. The molecule has 30 heavy (non-hydrogen) atoms. The Bertz CT molecular complexity index is 1240. The van der Waals surface area contributed by atoms with Crippen molar-refractivity contribution in [3.8, 4) is 11.3 Å². The van der Waals surface area contributed by atoms with Crippen LogP contribution >= 0.6 is 11.3 Å². The Morgan fingerprint density at radius 3 is 2.43 bits per heavy atom. The van der Waals surface area contributed by atoms with Crippen molar-refractivity contribution in [1.29, 1.82) is 0 Å². The van der Waals surface area contributed by atoms with E-state index in [1.165, 1.54) is 26.2 Å². The van der Waals surface area contributed by atoms with E-state index >= 15 is 0 Å². The molecular weight excluding hydrogens is 432 g/mol. The Balaban J connectivity index is 1.89. The van der Waals surface area contributed by atoms with Crippen LogP contribution in [-0.4, -0.2) is 37.7 Å². The maximum absolute atomic E-state index is 13.4. The highest BCUT2D eigenvalue weighted by atomic mass is 32.2. The van der Waals surface area contributed by atoms with Gasteiger partial charge in [0, 0.05) is 30.6 Å². The number of benzene rings is 2. The summed E-state index contributed by atoms with van der Waals surface area (Å²) in [6.07, 6.45) is 0. The summed E-state index contributed by atoms with van der Waals surface area (Å²) in [5.41, 5.74) is 2.14. The third-order valence-electron chi connectivity index (χ3n) is 4.58. The second-order valence-electron chi connectivity index (χ2n) is 6.82. The van der Waals surface area contributed by atoms with Crippen molar-refractivity contribution in [3.63, 3.8) is 0 Å². The van der Waals surface area contributed by atoms with Gasteiger partial charge in [-0.15, -0.1) is 11.3 Å². The van der Waals surface area contributed by atoms with Crippen LogP contribution in [0.1, 0.15) is 21.5 Å². The van der Waals surface area contributed by atoms with E-state index in [0.29, 0.717) is 22.4 Å². The zero-order valence-electron chi connectivity index (χ0n) is 16.7.